The van der Waals surface area contributed by atoms with Crippen LogP contribution < -0.4 is 0 Å². The Morgan fingerprint density at radius 1 is 0.667 bits per heavy atom. The van der Waals surface area contributed by atoms with Crippen molar-refractivity contribution in [2.24, 2.45) is 0 Å². The van der Waals surface area contributed by atoms with Crippen LogP contribution in [0.3, 0.4) is 0 Å². The van der Waals surface area contributed by atoms with E-state index in [1.807, 2.05) is 0 Å². The predicted octanol–water partition coefficient (Wildman–Crippen LogP) is 2.30. The van der Waals surface area contributed by atoms with Crippen LogP contribution in [0.2, 0.25) is 0 Å². The van der Waals surface area contributed by atoms with Crippen LogP contribution in [0.15, 0.2) is 60.7 Å². The van der Waals surface area contributed by atoms with Crippen molar-refractivity contribution in [2.45, 2.75) is 0 Å². The summed E-state index contributed by atoms with van der Waals surface area (Å²) in [4.78, 5) is 23.2. The van der Waals surface area contributed by atoms with Crippen LogP contribution in [-0.4, -0.2) is 39.2 Å². The summed E-state index contributed by atoms with van der Waals surface area (Å²) < 4.78 is 4.74. The molecule has 2 aromatic carbocycles. The summed E-state index contributed by atoms with van der Waals surface area (Å²) in [5, 5.41) is 0. The maximum absolute atomic E-state index is 11.6. The number of hydrogen-bond donors (Lipinski definition) is 0. The molecule has 2 rings (SSSR count). The van der Waals surface area contributed by atoms with Crippen molar-refractivity contribution in [3.8, 4) is 0 Å². The third-order valence-corrected chi connectivity index (χ3v) is 2.20. The van der Waals surface area contributed by atoms with Gasteiger partial charge in [0.25, 0.3) is 0 Å². The van der Waals surface area contributed by atoms with Crippen molar-refractivity contribution < 1.29 is 14.3 Å². The molecule has 0 aliphatic carbocycles. The first-order chi connectivity index (χ1) is 8.27. The fourth-order valence-corrected chi connectivity index (χ4v) is 1.35. The van der Waals surface area contributed by atoms with Crippen molar-refractivity contribution in [3.63, 3.8) is 0 Å². The second-order valence-corrected chi connectivity index (χ2v) is 3.41. The molecule has 0 bridgehead atoms. The van der Waals surface area contributed by atoms with Gasteiger partial charge in [0.2, 0.25) is 0 Å². The number of rotatable bonds is 2. The van der Waals surface area contributed by atoms with E-state index < -0.39 is 11.9 Å². The first-order valence-electron chi connectivity index (χ1n) is 5.14. The van der Waals surface area contributed by atoms with Crippen molar-refractivity contribution in [3.05, 3.63) is 71.8 Å². The summed E-state index contributed by atoms with van der Waals surface area (Å²) in [7, 11) is 0. The Hall–Kier alpha value is -1.50. The van der Waals surface area contributed by atoms with Crippen LogP contribution in [0.4, 0.5) is 0 Å². The molecule has 0 aromatic heterocycles. The van der Waals surface area contributed by atoms with Crippen LogP contribution in [-0.2, 0) is 4.74 Å². The number of hydrogen-bond acceptors (Lipinski definition) is 3. The van der Waals surface area contributed by atoms with E-state index in [0.29, 0.717) is 11.1 Å². The van der Waals surface area contributed by atoms with E-state index in [9.17, 15) is 9.59 Å². The molecular formula is C14H10O3Pb. The molecule has 0 N–H and O–H groups in total. The summed E-state index contributed by atoms with van der Waals surface area (Å²) in [6.45, 7) is 0. The Morgan fingerprint density at radius 2 is 1.00 bits per heavy atom. The Bertz CT molecular complexity index is 474. The van der Waals surface area contributed by atoms with Gasteiger partial charge in [-0.3, -0.25) is 0 Å². The zero-order valence-corrected chi connectivity index (χ0v) is 13.4. The minimum atomic E-state index is -0.639. The maximum Gasteiger partial charge on any atom is 0.346 e. The third-order valence-electron chi connectivity index (χ3n) is 2.20. The van der Waals surface area contributed by atoms with Gasteiger partial charge in [0.05, 0.1) is 11.1 Å². The van der Waals surface area contributed by atoms with Crippen molar-refractivity contribution in [2.75, 3.05) is 0 Å². The molecule has 3 nitrogen and oxygen atoms in total. The van der Waals surface area contributed by atoms with Crippen LogP contribution in [0.5, 0.6) is 0 Å². The molecule has 4 heteroatoms. The van der Waals surface area contributed by atoms with Crippen LogP contribution in [0.1, 0.15) is 20.7 Å². The Kier molecular flexibility index (Phi) is 5.71. The third kappa shape index (κ3) is 3.76. The summed E-state index contributed by atoms with van der Waals surface area (Å²) >= 11 is 0. The fourth-order valence-electron chi connectivity index (χ4n) is 1.35. The smallest absolute Gasteiger partial charge is 0.346 e. The van der Waals surface area contributed by atoms with Crippen molar-refractivity contribution in [1.82, 2.24) is 0 Å². The first-order valence-corrected chi connectivity index (χ1v) is 5.14. The fraction of sp³-hybridized carbons (Fsp3) is 0. The first kappa shape index (κ1) is 14.6. The van der Waals surface area contributed by atoms with E-state index in [-0.39, 0.29) is 27.3 Å². The number of carbonyl (C=O) groups excluding carboxylic acids is 2. The normalized spacial score (nSPS) is 9.11. The minimum Gasteiger partial charge on any atom is -0.386 e. The van der Waals surface area contributed by atoms with Gasteiger partial charge in [-0.05, 0) is 24.3 Å². The second-order valence-electron chi connectivity index (χ2n) is 3.41. The standard InChI is InChI=1S/C14H10O3.Pb/c15-13(11-7-3-1-4-8-11)17-14(16)12-9-5-2-6-10-12;/h1-10H;. The molecule has 0 saturated heterocycles. The Labute approximate surface area is 125 Å². The van der Waals surface area contributed by atoms with E-state index in [2.05, 4.69) is 0 Å². The van der Waals surface area contributed by atoms with Gasteiger partial charge in [-0.25, -0.2) is 9.59 Å². The Balaban J connectivity index is 0.00000162. The van der Waals surface area contributed by atoms with Gasteiger partial charge >= 0.3 is 11.9 Å². The molecule has 0 aliphatic heterocycles. The molecule has 0 unspecified atom stereocenters. The quantitative estimate of drug-likeness (QED) is 0.415. The van der Waals surface area contributed by atoms with Crippen molar-refractivity contribution >= 4 is 39.2 Å². The molecule has 0 atom stereocenters. The largest absolute Gasteiger partial charge is 0.386 e. The van der Waals surface area contributed by atoms with E-state index >= 15 is 0 Å². The Morgan fingerprint density at radius 3 is 1.33 bits per heavy atom. The number of esters is 2. The SMILES string of the molecule is O=C(OC(=O)c1ccccc1)c1ccccc1.[Pb]. The predicted molar refractivity (Wildman–Crippen MR) is 68.4 cm³/mol. The van der Waals surface area contributed by atoms with Gasteiger partial charge in [0.15, 0.2) is 0 Å². The second kappa shape index (κ2) is 7.05. The van der Waals surface area contributed by atoms with Gasteiger partial charge in [-0.2, -0.15) is 0 Å². The molecule has 0 fully saturated rings. The molecule has 0 saturated carbocycles. The molecule has 2 aromatic rings. The molecule has 18 heavy (non-hydrogen) atoms. The van der Waals surface area contributed by atoms with Gasteiger partial charge < -0.3 is 4.74 Å². The minimum absolute atomic E-state index is 0. The van der Waals surface area contributed by atoms with Crippen LogP contribution in [0.25, 0.3) is 0 Å². The molecule has 0 aliphatic rings. The van der Waals surface area contributed by atoms with E-state index in [1.165, 1.54) is 0 Å². The van der Waals surface area contributed by atoms with Crippen LogP contribution >= 0.6 is 0 Å². The summed E-state index contributed by atoms with van der Waals surface area (Å²) in [5.74, 6) is -1.28. The number of ether oxygens (including phenoxy) is 1. The van der Waals surface area contributed by atoms with E-state index in [0.717, 1.165) is 0 Å². The summed E-state index contributed by atoms with van der Waals surface area (Å²) in [6, 6.07) is 16.8. The molecule has 88 valence electrons. The molecule has 0 spiro atoms. The van der Waals surface area contributed by atoms with Crippen LogP contribution in [0, 0.1) is 0 Å². The van der Waals surface area contributed by atoms with Gasteiger partial charge in [-0.1, -0.05) is 36.4 Å². The summed E-state index contributed by atoms with van der Waals surface area (Å²) in [6.07, 6.45) is 0. The number of benzene rings is 2. The van der Waals surface area contributed by atoms with Gasteiger partial charge in [0, 0.05) is 27.3 Å². The molecule has 0 amide bonds. The summed E-state index contributed by atoms with van der Waals surface area (Å²) in [5.41, 5.74) is 0.716. The van der Waals surface area contributed by atoms with E-state index in [1.54, 1.807) is 60.7 Å². The average Bonchev–Trinajstić information content (AvgIpc) is 2.40. The van der Waals surface area contributed by atoms with Crippen molar-refractivity contribution in [1.29, 1.82) is 0 Å². The zero-order chi connectivity index (χ0) is 12.1. The van der Waals surface area contributed by atoms with Gasteiger partial charge in [-0.15, -0.1) is 0 Å². The monoisotopic (exact) mass is 434 g/mol. The average molecular weight is 433 g/mol. The van der Waals surface area contributed by atoms with E-state index in [4.69, 9.17) is 4.74 Å². The van der Waals surface area contributed by atoms with Gasteiger partial charge in [0.1, 0.15) is 0 Å². The molecular weight excluding hydrogens is 423 g/mol. The number of carbonyl (C=O) groups is 2. The molecule has 0 heterocycles. The zero-order valence-electron chi connectivity index (χ0n) is 9.50. The topological polar surface area (TPSA) is 43.4 Å². The molecule has 4 radical (unpaired) electrons. The maximum atomic E-state index is 11.6.